The summed E-state index contributed by atoms with van der Waals surface area (Å²) in [6.07, 6.45) is 2.04. The van der Waals surface area contributed by atoms with Gasteiger partial charge in [-0.05, 0) is 50.6 Å². The Morgan fingerprint density at radius 2 is 2.16 bits per heavy atom. The van der Waals surface area contributed by atoms with Gasteiger partial charge in [-0.3, -0.25) is 4.79 Å². The molecule has 106 valence electrons. The molecule has 1 fully saturated rings. The number of carbonyl (C=O) groups excluding carboxylic acids is 1. The Kier molecular flexibility index (Phi) is 6.67. The Bertz CT molecular complexity index is 389. The molecule has 5 heteroatoms. The number of nitrogens with one attached hydrogen (secondary N) is 2. The molecule has 2 N–H and O–H groups in total. The fourth-order valence-electron chi connectivity index (χ4n) is 2.12. The maximum absolute atomic E-state index is 12.0. The quantitative estimate of drug-likeness (QED) is 0.893. The van der Waals surface area contributed by atoms with Crippen molar-refractivity contribution in [3.05, 3.63) is 24.3 Å². The first-order chi connectivity index (χ1) is 8.79. The van der Waals surface area contributed by atoms with Crippen LogP contribution in [0, 0.1) is 5.92 Å². The summed E-state index contributed by atoms with van der Waals surface area (Å²) in [6, 6.07) is 7.49. The van der Waals surface area contributed by atoms with Crippen molar-refractivity contribution in [2.75, 3.05) is 25.0 Å². The van der Waals surface area contributed by atoms with E-state index in [1.54, 1.807) is 0 Å². The number of piperidine rings is 1. The molecule has 19 heavy (non-hydrogen) atoms. The van der Waals surface area contributed by atoms with E-state index in [1.807, 2.05) is 31.2 Å². The summed E-state index contributed by atoms with van der Waals surface area (Å²) in [5, 5.41) is 6.19. The summed E-state index contributed by atoms with van der Waals surface area (Å²) in [6.45, 7) is 4.40. The highest BCUT2D eigenvalue weighted by atomic mass is 35.5. The first-order valence-corrected chi connectivity index (χ1v) is 6.54. The summed E-state index contributed by atoms with van der Waals surface area (Å²) in [7, 11) is 0. The maximum Gasteiger partial charge on any atom is 0.228 e. The van der Waals surface area contributed by atoms with Gasteiger partial charge in [0.2, 0.25) is 5.91 Å². The van der Waals surface area contributed by atoms with Crippen LogP contribution in [-0.2, 0) is 4.79 Å². The molecule has 1 aliphatic heterocycles. The number of hydrogen-bond donors (Lipinski definition) is 2. The maximum atomic E-state index is 12.0. The molecule has 1 aromatic rings. The summed E-state index contributed by atoms with van der Waals surface area (Å²) < 4.78 is 5.36. The van der Waals surface area contributed by atoms with Crippen LogP contribution in [0.2, 0.25) is 0 Å². The lowest BCUT2D eigenvalue weighted by molar-refractivity contribution is -0.120. The Morgan fingerprint density at radius 3 is 2.74 bits per heavy atom. The highest BCUT2D eigenvalue weighted by Crippen LogP contribution is 2.18. The van der Waals surface area contributed by atoms with Crippen LogP contribution < -0.4 is 15.4 Å². The number of rotatable bonds is 4. The van der Waals surface area contributed by atoms with Crippen LogP contribution in [0.15, 0.2) is 24.3 Å². The average Bonchev–Trinajstić information content (AvgIpc) is 2.42. The van der Waals surface area contributed by atoms with Crippen LogP contribution in [0.25, 0.3) is 0 Å². The molecule has 0 unspecified atom stereocenters. The summed E-state index contributed by atoms with van der Waals surface area (Å²) in [5.74, 6) is 1.02. The van der Waals surface area contributed by atoms with Crippen LogP contribution >= 0.6 is 12.4 Å². The second-order valence-electron chi connectivity index (χ2n) is 4.49. The van der Waals surface area contributed by atoms with Crippen LogP contribution in [0.3, 0.4) is 0 Å². The third kappa shape index (κ3) is 4.73. The normalized spacial score (nSPS) is 18.3. The van der Waals surface area contributed by atoms with Gasteiger partial charge >= 0.3 is 0 Å². The first kappa shape index (κ1) is 15.8. The van der Waals surface area contributed by atoms with E-state index >= 15 is 0 Å². The molecule has 0 radical (unpaired) electrons. The van der Waals surface area contributed by atoms with Crippen molar-refractivity contribution in [2.24, 2.45) is 5.92 Å². The van der Waals surface area contributed by atoms with Crippen molar-refractivity contribution < 1.29 is 9.53 Å². The van der Waals surface area contributed by atoms with E-state index in [0.717, 1.165) is 37.4 Å². The van der Waals surface area contributed by atoms with Gasteiger partial charge in [-0.2, -0.15) is 0 Å². The molecular formula is C14H21ClN2O2. The molecule has 0 aliphatic carbocycles. The molecule has 1 amide bonds. The number of hydrogen-bond acceptors (Lipinski definition) is 3. The van der Waals surface area contributed by atoms with Crippen LogP contribution in [-0.4, -0.2) is 25.6 Å². The lowest BCUT2D eigenvalue weighted by Gasteiger charge is -2.21. The zero-order valence-corrected chi connectivity index (χ0v) is 12.0. The van der Waals surface area contributed by atoms with Crippen molar-refractivity contribution in [3.63, 3.8) is 0 Å². The zero-order chi connectivity index (χ0) is 12.8. The van der Waals surface area contributed by atoms with Gasteiger partial charge in [0.15, 0.2) is 0 Å². The molecule has 4 nitrogen and oxygen atoms in total. The zero-order valence-electron chi connectivity index (χ0n) is 11.1. The van der Waals surface area contributed by atoms with Gasteiger partial charge in [0, 0.05) is 12.2 Å². The van der Waals surface area contributed by atoms with Gasteiger partial charge in [-0.15, -0.1) is 12.4 Å². The van der Waals surface area contributed by atoms with E-state index < -0.39 is 0 Å². The van der Waals surface area contributed by atoms with Crippen LogP contribution in [0.1, 0.15) is 19.8 Å². The van der Waals surface area contributed by atoms with Gasteiger partial charge in [0.25, 0.3) is 0 Å². The fourth-order valence-corrected chi connectivity index (χ4v) is 2.12. The van der Waals surface area contributed by atoms with Crippen LogP contribution in [0.5, 0.6) is 5.75 Å². The first-order valence-electron chi connectivity index (χ1n) is 6.54. The van der Waals surface area contributed by atoms with Crippen LogP contribution in [0.4, 0.5) is 5.69 Å². The largest absolute Gasteiger partial charge is 0.494 e. The highest BCUT2D eigenvalue weighted by Gasteiger charge is 2.20. The minimum absolute atomic E-state index is 0. The number of halogens is 1. The predicted molar refractivity (Wildman–Crippen MR) is 79.1 cm³/mol. The molecular weight excluding hydrogens is 264 g/mol. The number of anilines is 1. The summed E-state index contributed by atoms with van der Waals surface area (Å²) in [4.78, 5) is 12.0. The molecule has 0 bridgehead atoms. The Hall–Kier alpha value is -1.26. The van der Waals surface area contributed by atoms with E-state index in [9.17, 15) is 4.79 Å². The van der Waals surface area contributed by atoms with E-state index in [0.29, 0.717) is 6.61 Å². The molecule has 1 heterocycles. The summed E-state index contributed by atoms with van der Waals surface area (Å²) in [5.41, 5.74) is 0.828. The second-order valence-corrected chi connectivity index (χ2v) is 4.49. The minimum Gasteiger partial charge on any atom is -0.494 e. The SMILES string of the molecule is CCOc1ccc(NC(=O)[C@@H]2CCCNC2)cc1.Cl. The standard InChI is InChI=1S/C14H20N2O2.ClH/c1-2-18-13-7-5-12(6-8-13)16-14(17)11-4-3-9-15-10-11;/h5-8,11,15H,2-4,9-10H2,1H3,(H,16,17);1H/t11-;/m1./s1. The lowest BCUT2D eigenvalue weighted by atomic mass is 9.99. The average molecular weight is 285 g/mol. The molecule has 1 aromatic carbocycles. The molecule has 0 spiro atoms. The lowest BCUT2D eigenvalue weighted by Crippen LogP contribution is -2.37. The fraction of sp³-hybridized carbons (Fsp3) is 0.500. The number of benzene rings is 1. The predicted octanol–water partition coefficient (Wildman–Crippen LogP) is 2.45. The Morgan fingerprint density at radius 1 is 1.42 bits per heavy atom. The molecule has 1 aliphatic rings. The van der Waals surface area contributed by atoms with Gasteiger partial charge in [0.1, 0.15) is 5.75 Å². The Balaban J connectivity index is 0.00000180. The van der Waals surface area contributed by atoms with Crippen molar-refractivity contribution in [3.8, 4) is 5.75 Å². The number of carbonyl (C=O) groups is 1. The molecule has 1 saturated heterocycles. The molecule has 0 saturated carbocycles. The third-order valence-corrected chi connectivity index (χ3v) is 3.10. The van der Waals surface area contributed by atoms with E-state index in [4.69, 9.17) is 4.74 Å². The smallest absolute Gasteiger partial charge is 0.228 e. The topological polar surface area (TPSA) is 50.4 Å². The number of ether oxygens (including phenoxy) is 1. The van der Waals surface area contributed by atoms with Gasteiger partial charge < -0.3 is 15.4 Å². The third-order valence-electron chi connectivity index (χ3n) is 3.10. The molecule has 1 atom stereocenters. The highest BCUT2D eigenvalue weighted by molar-refractivity contribution is 5.92. The second kappa shape index (κ2) is 8.02. The van der Waals surface area contributed by atoms with E-state index in [2.05, 4.69) is 10.6 Å². The monoisotopic (exact) mass is 284 g/mol. The van der Waals surface area contributed by atoms with Crippen molar-refractivity contribution >= 4 is 24.0 Å². The van der Waals surface area contributed by atoms with E-state index in [1.165, 1.54) is 0 Å². The van der Waals surface area contributed by atoms with Crippen molar-refractivity contribution in [2.45, 2.75) is 19.8 Å². The van der Waals surface area contributed by atoms with Gasteiger partial charge in [0.05, 0.1) is 12.5 Å². The van der Waals surface area contributed by atoms with Crippen molar-refractivity contribution in [1.29, 1.82) is 0 Å². The molecule has 0 aromatic heterocycles. The van der Waals surface area contributed by atoms with Gasteiger partial charge in [-0.25, -0.2) is 0 Å². The Labute approximate surface area is 120 Å². The molecule has 2 rings (SSSR count). The number of amides is 1. The van der Waals surface area contributed by atoms with E-state index in [-0.39, 0.29) is 24.2 Å². The van der Waals surface area contributed by atoms with Gasteiger partial charge in [-0.1, -0.05) is 0 Å². The minimum atomic E-state index is 0. The summed E-state index contributed by atoms with van der Waals surface area (Å²) >= 11 is 0. The van der Waals surface area contributed by atoms with Crippen molar-refractivity contribution in [1.82, 2.24) is 5.32 Å².